The van der Waals surface area contributed by atoms with Crippen molar-refractivity contribution in [2.45, 2.75) is 30.8 Å². The molecular weight excluding hydrogens is 493 g/mol. The number of hydrogen-bond acceptors (Lipinski definition) is 4. The summed E-state index contributed by atoms with van der Waals surface area (Å²) < 4.78 is 0. The van der Waals surface area contributed by atoms with Crippen molar-refractivity contribution in [1.29, 1.82) is 0 Å². The highest BCUT2D eigenvalue weighted by Crippen LogP contribution is 2.34. The summed E-state index contributed by atoms with van der Waals surface area (Å²) in [4.78, 5) is 17.2. The number of carbonyl (C=O) groups excluding carboxylic acids is 1. The minimum absolute atomic E-state index is 0.0500. The average Bonchev–Trinajstić information content (AvgIpc) is 2.89. The number of anilines is 1. The molecule has 36 heavy (non-hydrogen) atoms. The number of carbonyl (C=O) groups is 1. The second-order valence-electron chi connectivity index (χ2n) is 9.71. The molecule has 5 nitrogen and oxygen atoms in total. The number of halogens is 2. The van der Waals surface area contributed by atoms with E-state index in [-0.39, 0.29) is 11.8 Å². The van der Waals surface area contributed by atoms with Crippen LogP contribution in [0.1, 0.15) is 46.7 Å². The lowest BCUT2D eigenvalue weighted by atomic mass is 9.84. The van der Waals surface area contributed by atoms with Crippen LogP contribution in [0.3, 0.4) is 0 Å². The Bertz CT molecular complexity index is 1160. The van der Waals surface area contributed by atoms with E-state index in [1.165, 1.54) is 0 Å². The predicted molar refractivity (Wildman–Crippen MR) is 148 cm³/mol. The summed E-state index contributed by atoms with van der Waals surface area (Å²) in [5, 5.41) is 12.2. The van der Waals surface area contributed by atoms with Gasteiger partial charge in [-0.2, -0.15) is 0 Å². The van der Waals surface area contributed by atoms with Gasteiger partial charge in [-0.05, 0) is 73.3 Å². The van der Waals surface area contributed by atoms with Crippen LogP contribution in [-0.2, 0) is 5.60 Å². The number of likely N-dealkylation sites (N-methyl/N-ethyl adjacent to an activating group) is 1. The van der Waals surface area contributed by atoms with Crippen LogP contribution in [0.5, 0.6) is 0 Å². The zero-order valence-corrected chi connectivity index (χ0v) is 22.1. The number of rotatable bonds is 8. The van der Waals surface area contributed by atoms with Gasteiger partial charge < -0.3 is 20.6 Å². The van der Waals surface area contributed by atoms with Gasteiger partial charge in [0.2, 0.25) is 0 Å². The molecule has 1 saturated heterocycles. The number of amides is 1. The maximum absolute atomic E-state index is 13.1. The van der Waals surface area contributed by atoms with Crippen LogP contribution in [0.15, 0.2) is 72.8 Å². The molecule has 0 radical (unpaired) electrons. The number of likely N-dealkylation sites (tertiary alicyclic amines) is 1. The molecule has 1 fully saturated rings. The summed E-state index contributed by atoms with van der Waals surface area (Å²) in [7, 11) is 1.82. The Morgan fingerprint density at radius 1 is 1.03 bits per heavy atom. The van der Waals surface area contributed by atoms with E-state index < -0.39 is 5.60 Å². The van der Waals surface area contributed by atoms with Crippen LogP contribution < -0.4 is 5.73 Å². The van der Waals surface area contributed by atoms with E-state index in [1.54, 1.807) is 29.2 Å². The molecule has 3 N–H and O–H groups in total. The summed E-state index contributed by atoms with van der Waals surface area (Å²) >= 11 is 12.5. The molecule has 7 heteroatoms. The number of nitrogens with two attached hydrogens (primary N) is 1. The van der Waals surface area contributed by atoms with Crippen LogP contribution in [0.4, 0.5) is 5.69 Å². The standard InChI is InChI=1S/C29H33Cl2N3O2/c1-33(28(35)21-7-10-25(32)11-8-21)20-23(22-9-12-26(30)27(31)19-22)13-16-34-17-14-29(36,15-18-34)24-5-3-2-4-6-24/h2-12,19,23,36H,13-18,20,32H2,1H3/t23-/m0/s1. The Kier molecular flexibility index (Phi) is 8.58. The SMILES string of the molecule is CN(C[C@H](CCN1CCC(O)(c2ccccc2)CC1)c1ccc(Cl)c(Cl)c1)C(=O)c1ccc(N)cc1. The Hall–Kier alpha value is -2.57. The molecule has 0 saturated carbocycles. The second-order valence-corrected chi connectivity index (χ2v) is 10.5. The van der Waals surface area contributed by atoms with Gasteiger partial charge in [-0.3, -0.25) is 4.79 Å². The lowest BCUT2D eigenvalue weighted by molar-refractivity contribution is -0.0264. The zero-order valence-electron chi connectivity index (χ0n) is 20.5. The van der Waals surface area contributed by atoms with Crippen molar-refractivity contribution < 1.29 is 9.90 Å². The number of benzene rings is 3. The minimum Gasteiger partial charge on any atom is -0.399 e. The van der Waals surface area contributed by atoms with Crippen molar-refractivity contribution in [3.63, 3.8) is 0 Å². The Balaban J connectivity index is 1.42. The first-order chi connectivity index (χ1) is 17.2. The van der Waals surface area contributed by atoms with Gasteiger partial charge in [0.05, 0.1) is 15.6 Å². The lowest BCUT2D eigenvalue weighted by Gasteiger charge is -2.39. The summed E-state index contributed by atoms with van der Waals surface area (Å²) in [5.41, 5.74) is 8.28. The molecule has 3 aromatic rings. The first-order valence-electron chi connectivity index (χ1n) is 12.3. The fourth-order valence-corrected chi connectivity index (χ4v) is 5.22. The van der Waals surface area contributed by atoms with E-state index in [9.17, 15) is 9.90 Å². The Labute approximate surface area is 223 Å². The van der Waals surface area contributed by atoms with E-state index in [1.807, 2.05) is 55.6 Å². The highest BCUT2D eigenvalue weighted by molar-refractivity contribution is 6.42. The molecule has 0 aromatic heterocycles. The van der Waals surface area contributed by atoms with Gasteiger partial charge in [-0.25, -0.2) is 0 Å². The van der Waals surface area contributed by atoms with Crippen LogP contribution in [-0.4, -0.2) is 54.0 Å². The summed E-state index contributed by atoms with van der Waals surface area (Å²) in [6.45, 7) is 3.04. The maximum Gasteiger partial charge on any atom is 0.253 e. The molecule has 3 aromatic carbocycles. The normalized spacial score (nSPS) is 16.4. The number of hydrogen-bond donors (Lipinski definition) is 2. The smallest absolute Gasteiger partial charge is 0.253 e. The van der Waals surface area contributed by atoms with Crippen molar-refractivity contribution in [2.75, 3.05) is 39.0 Å². The van der Waals surface area contributed by atoms with Crippen molar-refractivity contribution in [2.24, 2.45) is 0 Å². The van der Waals surface area contributed by atoms with Gasteiger partial charge in [-0.1, -0.05) is 59.6 Å². The predicted octanol–water partition coefficient (Wildman–Crippen LogP) is 5.81. The van der Waals surface area contributed by atoms with Crippen LogP contribution >= 0.6 is 23.2 Å². The third-order valence-electron chi connectivity index (χ3n) is 7.20. The van der Waals surface area contributed by atoms with E-state index in [0.717, 1.165) is 37.2 Å². The molecular formula is C29H33Cl2N3O2. The lowest BCUT2D eigenvalue weighted by Crippen LogP contribution is -2.43. The molecule has 0 bridgehead atoms. The fourth-order valence-electron chi connectivity index (χ4n) is 4.91. The topological polar surface area (TPSA) is 69.8 Å². The molecule has 0 unspecified atom stereocenters. The number of nitrogens with zero attached hydrogens (tertiary/aromatic N) is 2. The van der Waals surface area contributed by atoms with Crippen LogP contribution in [0, 0.1) is 0 Å². The van der Waals surface area contributed by atoms with E-state index in [2.05, 4.69) is 4.90 Å². The third kappa shape index (κ3) is 6.40. The van der Waals surface area contributed by atoms with Crippen molar-refractivity contribution >= 4 is 34.8 Å². The first-order valence-corrected chi connectivity index (χ1v) is 13.1. The zero-order chi connectivity index (χ0) is 25.7. The minimum atomic E-state index is -0.771. The largest absolute Gasteiger partial charge is 0.399 e. The second kappa shape index (κ2) is 11.7. The summed E-state index contributed by atoms with van der Waals surface area (Å²) in [5.74, 6) is 0.0309. The monoisotopic (exact) mass is 525 g/mol. The Morgan fingerprint density at radius 3 is 2.33 bits per heavy atom. The highest BCUT2D eigenvalue weighted by Gasteiger charge is 2.34. The number of aliphatic hydroxyl groups is 1. The molecule has 1 aliphatic rings. The van der Waals surface area contributed by atoms with Gasteiger partial charge in [0, 0.05) is 43.9 Å². The van der Waals surface area contributed by atoms with Crippen molar-refractivity contribution in [1.82, 2.24) is 9.80 Å². The molecule has 1 heterocycles. The van der Waals surface area contributed by atoms with E-state index in [0.29, 0.717) is 40.7 Å². The highest BCUT2D eigenvalue weighted by atomic mass is 35.5. The molecule has 0 spiro atoms. The summed E-state index contributed by atoms with van der Waals surface area (Å²) in [6.07, 6.45) is 2.25. The average molecular weight is 527 g/mol. The van der Waals surface area contributed by atoms with E-state index >= 15 is 0 Å². The van der Waals surface area contributed by atoms with Crippen LogP contribution in [0.25, 0.3) is 0 Å². The maximum atomic E-state index is 13.1. The Morgan fingerprint density at radius 2 is 1.69 bits per heavy atom. The fraction of sp³-hybridized carbons (Fsp3) is 0.345. The van der Waals surface area contributed by atoms with Gasteiger partial charge in [0.15, 0.2) is 0 Å². The number of piperidine rings is 1. The van der Waals surface area contributed by atoms with Crippen molar-refractivity contribution in [3.05, 3.63) is 99.5 Å². The first kappa shape index (κ1) is 26.5. The van der Waals surface area contributed by atoms with Gasteiger partial charge in [0.1, 0.15) is 0 Å². The molecule has 1 aliphatic heterocycles. The quantitative estimate of drug-likeness (QED) is 0.364. The van der Waals surface area contributed by atoms with Gasteiger partial charge in [0.25, 0.3) is 5.91 Å². The van der Waals surface area contributed by atoms with E-state index in [4.69, 9.17) is 28.9 Å². The van der Waals surface area contributed by atoms with Gasteiger partial charge >= 0.3 is 0 Å². The number of nitrogen functional groups attached to an aromatic ring is 1. The van der Waals surface area contributed by atoms with Crippen molar-refractivity contribution in [3.8, 4) is 0 Å². The molecule has 0 aliphatic carbocycles. The third-order valence-corrected chi connectivity index (χ3v) is 7.94. The van der Waals surface area contributed by atoms with Crippen LogP contribution in [0.2, 0.25) is 10.0 Å². The van der Waals surface area contributed by atoms with Gasteiger partial charge in [-0.15, -0.1) is 0 Å². The summed E-state index contributed by atoms with van der Waals surface area (Å²) in [6, 6.07) is 22.6. The molecule has 1 atom stereocenters. The molecule has 190 valence electrons. The molecule has 4 rings (SSSR count). The molecule has 1 amide bonds.